The van der Waals surface area contributed by atoms with Crippen LogP contribution in [0, 0.1) is 11.3 Å². The SMILES string of the molecule is C=S(=O)(N[C@@H](CC)C(F)(F)F)c1ccc(-c2sc(-c3nnc(CC(C)(C)C(=O)O)o3)nc2CC2CCC2)c(C(F)F)c1Cl. The fraction of sp³-hybridized carbons (Fsp3) is 0.519. The fourth-order valence-electron chi connectivity index (χ4n) is 4.54. The lowest BCUT2D eigenvalue weighted by Gasteiger charge is -2.25. The van der Waals surface area contributed by atoms with Crippen molar-refractivity contribution in [2.75, 3.05) is 0 Å². The van der Waals surface area contributed by atoms with Crippen LogP contribution >= 0.6 is 22.9 Å². The lowest BCUT2D eigenvalue weighted by atomic mass is 9.81. The number of carbonyl (C=O) groups is 1. The van der Waals surface area contributed by atoms with Gasteiger partial charge in [0.05, 0.1) is 35.6 Å². The van der Waals surface area contributed by atoms with Crippen molar-refractivity contribution in [2.24, 2.45) is 11.3 Å². The Morgan fingerprint density at radius 2 is 1.95 bits per heavy atom. The molecule has 0 aliphatic heterocycles. The molecule has 1 aliphatic carbocycles. The summed E-state index contributed by atoms with van der Waals surface area (Å²) in [7, 11) is -3.94. The van der Waals surface area contributed by atoms with E-state index in [9.17, 15) is 36.1 Å². The minimum atomic E-state index is -4.75. The number of carboxylic acids is 1. The Morgan fingerprint density at radius 3 is 2.49 bits per heavy atom. The number of carboxylic acid groups (broad SMARTS) is 1. The van der Waals surface area contributed by atoms with Crippen LogP contribution in [-0.4, -0.2) is 48.6 Å². The molecule has 1 saturated carbocycles. The maximum absolute atomic E-state index is 14.6. The van der Waals surface area contributed by atoms with Gasteiger partial charge in [0.2, 0.25) is 5.89 Å². The Morgan fingerprint density at radius 1 is 1.28 bits per heavy atom. The number of nitrogens with one attached hydrogen (secondary N) is 1. The molecule has 4 rings (SSSR count). The van der Waals surface area contributed by atoms with Crippen molar-refractivity contribution in [1.29, 1.82) is 0 Å². The molecule has 3 aromatic rings. The van der Waals surface area contributed by atoms with E-state index in [1.165, 1.54) is 26.8 Å². The Hall–Kier alpha value is -2.62. The van der Waals surface area contributed by atoms with Crippen LogP contribution in [0.2, 0.25) is 5.02 Å². The minimum absolute atomic E-state index is 0.0216. The predicted octanol–water partition coefficient (Wildman–Crippen LogP) is 7.37. The highest BCUT2D eigenvalue weighted by Crippen LogP contribution is 2.46. The molecule has 8 nitrogen and oxygen atoms in total. The number of thiazole rings is 1. The van der Waals surface area contributed by atoms with E-state index < -0.39 is 61.6 Å². The molecule has 16 heteroatoms. The van der Waals surface area contributed by atoms with Gasteiger partial charge in [0.1, 0.15) is 6.04 Å². The highest BCUT2D eigenvalue weighted by Gasteiger charge is 2.40. The van der Waals surface area contributed by atoms with Crippen molar-refractivity contribution in [3.05, 3.63) is 34.3 Å². The summed E-state index contributed by atoms with van der Waals surface area (Å²) >= 11 is 7.35. The number of hydrogen-bond acceptors (Lipinski definition) is 7. The third kappa shape index (κ3) is 7.21. The van der Waals surface area contributed by atoms with Crippen molar-refractivity contribution < 1.29 is 40.5 Å². The van der Waals surface area contributed by atoms with Gasteiger partial charge in [-0.05, 0) is 44.5 Å². The first-order chi connectivity index (χ1) is 19.9. The van der Waals surface area contributed by atoms with Crippen molar-refractivity contribution >= 4 is 44.5 Å². The molecule has 1 aromatic carbocycles. The van der Waals surface area contributed by atoms with Gasteiger partial charge in [-0.2, -0.15) is 13.2 Å². The van der Waals surface area contributed by atoms with Crippen LogP contribution in [0.25, 0.3) is 21.3 Å². The summed E-state index contributed by atoms with van der Waals surface area (Å²) in [5, 5.41) is 16.9. The average Bonchev–Trinajstić information content (AvgIpc) is 3.50. The quantitative estimate of drug-likeness (QED) is 0.153. The van der Waals surface area contributed by atoms with Crippen LogP contribution in [0.1, 0.15) is 70.0 Å². The number of benzene rings is 1. The normalized spacial score (nSPS) is 16.7. The van der Waals surface area contributed by atoms with Gasteiger partial charge in [-0.1, -0.05) is 43.9 Å². The van der Waals surface area contributed by atoms with E-state index >= 15 is 0 Å². The van der Waals surface area contributed by atoms with E-state index in [1.807, 2.05) is 4.72 Å². The predicted molar refractivity (Wildman–Crippen MR) is 154 cm³/mol. The Labute approximate surface area is 254 Å². The van der Waals surface area contributed by atoms with Gasteiger partial charge < -0.3 is 9.52 Å². The van der Waals surface area contributed by atoms with Crippen molar-refractivity contribution in [2.45, 2.75) is 82.8 Å². The molecule has 2 heterocycles. The number of aromatic nitrogens is 3. The molecule has 0 saturated heterocycles. The molecule has 2 N–H and O–H groups in total. The molecule has 0 bridgehead atoms. The zero-order valence-corrected chi connectivity index (χ0v) is 25.8. The lowest BCUT2D eigenvalue weighted by Crippen LogP contribution is -2.44. The first kappa shape index (κ1) is 33.3. The van der Waals surface area contributed by atoms with Crippen molar-refractivity contribution in [3.8, 4) is 21.3 Å². The molecular formula is C27H30ClF5N4O4S2. The number of hydrogen-bond donors (Lipinski definition) is 2. The molecule has 1 aliphatic rings. The third-order valence-corrected chi connectivity index (χ3v) is 10.7. The summed E-state index contributed by atoms with van der Waals surface area (Å²) in [6.07, 6.45) is -5.12. The average molecular weight is 669 g/mol. The van der Waals surface area contributed by atoms with Gasteiger partial charge in [0.15, 0.2) is 5.01 Å². The highest BCUT2D eigenvalue weighted by atomic mass is 35.5. The minimum Gasteiger partial charge on any atom is -0.481 e. The van der Waals surface area contributed by atoms with Crippen LogP contribution < -0.4 is 4.72 Å². The third-order valence-electron chi connectivity index (χ3n) is 7.32. The summed E-state index contributed by atoms with van der Waals surface area (Å²) in [5.74, 6) is 2.62. The van der Waals surface area contributed by atoms with E-state index in [0.29, 0.717) is 17.0 Å². The molecule has 0 radical (unpaired) electrons. The summed E-state index contributed by atoms with van der Waals surface area (Å²) in [6.45, 7) is 4.24. The smallest absolute Gasteiger partial charge is 0.404 e. The molecule has 236 valence electrons. The highest BCUT2D eigenvalue weighted by molar-refractivity contribution is 7.98. The second-order valence-corrected chi connectivity index (χ2v) is 14.5. The van der Waals surface area contributed by atoms with Crippen molar-refractivity contribution in [1.82, 2.24) is 19.9 Å². The maximum atomic E-state index is 14.6. The molecule has 43 heavy (non-hydrogen) atoms. The molecule has 0 amide bonds. The molecule has 1 fully saturated rings. The summed E-state index contributed by atoms with van der Waals surface area (Å²) < 4.78 is 90.3. The van der Waals surface area contributed by atoms with E-state index in [4.69, 9.17) is 16.0 Å². The van der Waals surface area contributed by atoms with E-state index in [1.54, 1.807) is 0 Å². The molecule has 2 atom stereocenters. The maximum Gasteiger partial charge on any atom is 0.404 e. The molecule has 0 spiro atoms. The van der Waals surface area contributed by atoms with Crippen LogP contribution in [0.5, 0.6) is 0 Å². The van der Waals surface area contributed by atoms with Gasteiger partial charge in [-0.15, -0.1) is 21.5 Å². The van der Waals surface area contributed by atoms with E-state index in [-0.39, 0.29) is 34.7 Å². The van der Waals surface area contributed by atoms with Crippen LogP contribution in [0.4, 0.5) is 22.0 Å². The summed E-state index contributed by atoms with van der Waals surface area (Å²) in [6, 6.07) is 0.182. The topological polar surface area (TPSA) is 118 Å². The van der Waals surface area contributed by atoms with Gasteiger partial charge in [-0.25, -0.2) is 22.7 Å². The molecular weight excluding hydrogens is 639 g/mol. The van der Waals surface area contributed by atoms with E-state index in [0.717, 1.165) is 36.7 Å². The van der Waals surface area contributed by atoms with Crippen LogP contribution in [-0.2, 0) is 27.3 Å². The lowest BCUT2D eigenvalue weighted by molar-refractivity contribution is -0.151. The standard InChI is InChI=1S/C27H30ClF5N4O4S2/c1-5-17(27(31,32)33)37-43(4,40)16-10-9-14(19(20(16)28)22(29)30)21-15(11-13-7-6-8-13)34-24(42-21)23-36-35-18(41-23)12-26(2,3)25(38)39/h9-10,13,17,22H,4-8,11-12H2,1-3H3,(H,37,40)(H,38,39)/t17-,43?/m0/s1. The monoisotopic (exact) mass is 668 g/mol. The van der Waals surface area contributed by atoms with E-state index in [2.05, 4.69) is 21.1 Å². The number of alkyl halides is 5. The number of halogens is 6. The fourth-order valence-corrected chi connectivity index (χ4v) is 7.79. The summed E-state index contributed by atoms with van der Waals surface area (Å²) in [5.41, 5.74) is -1.45. The number of rotatable bonds is 12. The first-order valence-electron chi connectivity index (χ1n) is 13.3. The number of aliphatic carboxylic acids is 1. The zero-order chi connectivity index (χ0) is 31.9. The van der Waals surface area contributed by atoms with Gasteiger partial charge >= 0.3 is 12.1 Å². The zero-order valence-electron chi connectivity index (χ0n) is 23.4. The van der Waals surface area contributed by atoms with Gasteiger partial charge in [-0.3, -0.25) is 4.79 Å². The Bertz CT molecular complexity index is 1600. The van der Waals surface area contributed by atoms with Gasteiger partial charge in [0, 0.05) is 17.5 Å². The van der Waals surface area contributed by atoms with Crippen molar-refractivity contribution in [3.63, 3.8) is 0 Å². The second kappa shape index (κ2) is 12.4. The largest absolute Gasteiger partial charge is 0.481 e. The second-order valence-electron chi connectivity index (χ2n) is 11.1. The number of nitrogens with zero attached hydrogens (tertiary/aromatic N) is 3. The Kier molecular flexibility index (Phi) is 9.60. The van der Waals surface area contributed by atoms with Crippen LogP contribution in [0.3, 0.4) is 0 Å². The van der Waals surface area contributed by atoms with Gasteiger partial charge in [0.25, 0.3) is 12.3 Å². The summed E-state index contributed by atoms with van der Waals surface area (Å²) in [4.78, 5) is 16.0. The first-order valence-corrected chi connectivity index (χ1v) is 16.2. The molecule has 1 unspecified atom stereocenters. The van der Waals surface area contributed by atoms with Crippen LogP contribution in [0.15, 0.2) is 21.4 Å². The Balaban J connectivity index is 1.79. The molecule has 2 aromatic heterocycles.